The van der Waals surface area contributed by atoms with Crippen molar-refractivity contribution in [2.45, 2.75) is 24.4 Å². The standard InChI is InChI=1S/C20H23FN2O2/c21-17-9-5-4-8-16(17)18(24)19(25)23-12-10-20(14-22,11-13-23)15-6-2-1-3-7-15/h1-9,18,24H,10-14,22H2/t18-/m0/s1. The highest BCUT2D eigenvalue weighted by Gasteiger charge is 2.37. The Morgan fingerprint density at radius 2 is 1.72 bits per heavy atom. The number of piperidine rings is 1. The number of benzene rings is 2. The van der Waals surface area contributed by atoms with Crippen molar-refractivity contribution in [1.82, 2.24) is 4.90 Å². The highest BCUT2D eigenvalue weighted by Crippen LogP contribution is 2.35. The average molecular weight is 342 g/mol. The molecule has 0 aliphatic carbocycles. The lowest BCUT2D eigenvalue weighted by Crippen LogP contribution is -2.49. The number of likely N-dealkylation sites (tertiary alicyclic amines) is 1. The van der Waals surface area contributed by atoms with Crippen LogP contribution in [0.3, 0.4) is 0 Å². The minimum atomic E-state index is -1.47. The number of carbonyl (C=O) groups is 1. The summed E-state index contributed by atoms with van der Waals surface area (Å²) in [6.07, 6.45) is -0.0183. The highest BCUT2D eigenvalue weighted by molar-refractivity contribution is 5.82. The smallest absolute Gasteiger partial charge is 0.256 e. The third-order valence-corrected chi connectivity index (χ3v) is 5.24. The van der Waals surface area contributed by atoms with Crippen LogP contribution in [0.2, 0.25) is 0 Å². The van der Waals surface area contributed by atoms with Crippen molar-refractivity contribution < 1.29 is 14.3 Å². The van der Waals surface area contributed by atoms with Gasteiger partial charge in [0, 0.05) is 30.6 Å². The Bertz CT molecular complexity index is 727. The molecular formula is C20H23FN2O2. The molecule has 0 aromatic heterocycles. The number of carbonyl (C=O) groups excluding carboxylic acids is 1. The van der Waals surface area contributed by atoms with Crippen LogP contribution in [0.5, 0.6) is 0 Å². The van der Waals surface area contributed by atoms with Gasteiger partial charge in [-0.2, -0.15) is 0 Å². The summed E-state index contributed by atoms with van der Waals surface area (Å²) in [5.41, 5.74) is 7.11. The molecule has 1 heterocycles. The quantitative estimate of drug-likeness (QED) is 0.896. The second-order valence-corrected chi connectivity index (χ2v) is 6.60. The first-order valence-electron chi connectivity index (χ1n) is 8.54. The largest absolute Gasteiger partial charge is 0.378 e. The van der Waals surface area contributed by atoms with Crippen molar-refractivity contribution in [3.8, 4) is 0 Å². The maximum Gasteiger partial charge on any atom is 0.256 e. The monoisotopic (exact) mass is 342 g/mol. The minimum absolute atomic E-state index is 0.0196. The Morgan fingerprint density at radius 3 is 2.32 bits per heavy atom. The summed E-state index contributed by atoms with van der Waals surface area (Å²) >= 11 is 0. The van der Waals surface area contributed by atoms with Gasteiger partial charge < -0.3 is 15.7 Å². The van der Waals surface area contributed by atoms with Gasteiger partial charge in [0.25, 0.3) is 5.91 Å². The van der Waals surface area contributed by atoms with Gasteiger partial charge in [-0.25, -0.2) is 4.39 Å². The second kappa shape index (κ2) is 7.33. The molecule has 0 radical (unpaired) electrons. The van der Waals surface area contributed by atoms with Crippen molar-refractivity contribution in [3.63, 3.8) is 0 Å². The number of nitrogens with two attached hydrogens (primary N) is 1. The number of aliphatic hydroxyl groups excluding tert-OH is 1. The second-order valence-electron chi connectivity index (χ2n) is 6.60. The molecule has 1 aliphatic heterocycles. The van der Waals surface area contributed by atoms with E-state index in [0.29, 0.717) is 19.6 Å². The lowest BCUT2D eigenvalue weighted by molar-refractivity contribution is -0.142. The SMILES string of the molecule is NCC1(c2ccccc2)CCN(C(=O)[C@@H](O)c2ccccc2F)CC1. The van der Waals surface area contributed by atoms with Gasteiger partial charge in [0.2, 0.25) is 0 Å². The molecular weight excluding hydrogens is 319 g/mol. The molecule has 0 bridgehead atoms. The molecule has 132 valence electrons. The van der Waals surface area contributed by atoms with Crippen LogP contribution in [0.15, 0.2) is 54.6 Å². The number of halogens is 1. The Morgan fingerprint density at radius 1 is 1.12 bits per heavy atom. The fraction of sp³-hybridized carbons (Fsp3) is 0.350. The maximum absolute atomic E-state index is 13.8. The van der Waals surface area contributed by atoms with Gasteiger partial charge in [0.15, 0.2) is 6.10 Å². The predicted molar refractivity (Wildman–Crippen MR) is 94.3 cm³/mol. The average Bonchev–Trinajstić information content (AvgIpc) is 2.68. The van der Waals surface area contributed by atoms with E-state index < -0.39 is 17.8 Å². The van der Waals surface area contributed by atoms with E-state index in [-0.39, 0.29) is 11.0 Å². The van der Waals surface area contributed by atoms with E-state index in [1.807, 2.05) is 18.2 Å². The van der Waals surface area contributed by atoms with Gasteiger partial charge in [0.05, 0.1) is 0 Å². The van der Waals surface area contributed by atoms with Gasteiger partial charge in [-0.15, -0.1) is 0 Å². The van der Waals surface area contributed by atoms with Gasteiger partial charge >= 0.3 is 0 Å². The van der Waals surface area contributed by atoms with E-state index in [1.165, 1.54) is 23.8 Å². The molecule has 1 fully saturated rings. The first-order valence-corrected chi connectivity index (χ1v) is 8.54. The Kier molecular flexibility index (Phi) is 5.16. The summed E-state index contributed by atoms with van der Waals surface area (Å²) in [4.78, 5) is 14.2. The van der Waals surface area contributed by atoms with E-state index in [4.69, 9.17) is 5.73 Å². The third-order valence-electron chi connectivity index (χ3n) is 5.24. The molecule has 1 aliphatic rings. The minimum Gasteiger partial charge on any atom is -0.378 e. The highest BCUT2D eigenvalue weighted by atomic mass is 19.1. The van der Waals surface area contributed by atoms with E-state index in [0.717, 1.165) is 12.8 Å². The van der Waals surface area contributed by atoms with E-state index in [1.54, 1.807) is 11.0 Å². The molecule has 3 N–H and O–H groups in total. The van der Waals surface area contributed by atoms with Crippen molar-refractivity contribution in [3.05, 3.63) is 71.5 Å². The molecule has 0 saturated carbocycles. The van der Waals surface area contributed by atoms with Crippen LogP contribution in [-0.4, -0.2) is 35.5 Å². The van der Waals surface area contributed by atoms with E-state index in [9.17, 15) is 14.3 Å². The Hall–Kier alpha value is -2.24. The summed E-state index contributed by atoms with van der Waals surface area (Å²) in [6.45, 7) is 1.50. The van der Waals surface area contributed by atoms with Crippen LogP contribution in [0.1, 0.15) is 30.1 Å². The lowest BCUT2D eigenvalue weighted by Gasteiger charge is -2.42. The number of rotatable bonds is 4. The van der Waals surface area contributed by atoms with Crippen LogP contribution in [0.4, 0.5) is 4.39 Å². The summed E-state index contributed by atoms with van der Waals surface area (Å²) in [5.74, 6) is -1.02. The summed E-state index contributed by atoms with van der Waals surface area (Å²) in [6, 6.07) is 15.9. The fourth-order valence-electron chi connectivity index (χ4n) is 3.56. The maximum atomic E-state index is 13.8. The first-order chi connectivity index (χ1) is 12.1. The van der Waals surface area contributed by atoms with Crippen molar-refractivity contribution in [1.29, 1.82) is 0 Å². The van der Waals surface area contributed by atoms with Gasteiger partial charge in [-0.1, -0.05) is 48.5 Å². The molecule has 3 rings (SSSR count). The van der Waals surface area contributed by atoms with Crippen LogP contribution < -0.4 is 5.73 Å². The van der Waals surface area contributed by atoms with Crippen molar-refractivity contribution in [2.75, 3.05) is 19.6 Å². The number of nitrogens with zero attached hydrogens (tertiary/aromatic N) is 1. The Balaban J connectivity index is 1.71. The molecule has 0 spiro atoms. The van der Waals surface area contributed by atoms with Crippen molar-refractivity contribution in [2.24, 2.45) is 5.73 Å². The molecule has 5 heteroatoms. The lowest BCUT2D eigenvalue weighted by atomic mass is 9.73. The summed E-state index contributed by atoms with van der Waals surface area (Å²) < 4.78 is 13.8. The van der Waals surface area contributed by atoms with Crippen LogP contribution in [-0.2, 0) is 10.2 Å². The third kappa shape index (κ3) is 3.43. The van der Waals surface area contributed by atoms with E-state index in [2.05, 4.69) is 12.1 Å². The van der Waals surface area contributed by atoms with E-state index >= 15 is 0 Å². The summed E-state index contributed by atoms with van der Waals surface area (Å²) in [5, 5.41) is 10.3. The fourth-order valence-corrected chi connectivity index (χ4v) is 3.56. The topological polar surface area (TPSA) is 66.6 Å². The zero-order valence-corrected chi connectivity index (χ0v) is 14.1. The van der Waals surface area contributed by atoms with Gasteiger partial charge in [0.1, 0.15) is 5.82 Å². The molecule has 1 atom stereocenters. The molecule has 1 saturated heterocycles. The number of amides is 1. The molecule has 2 aromatic carbocycles. The normalized spacial score (nSPS) is 18.0. The molecule has 1 amide bonds. The van der Waals surface area contributed by atoms with Crippen LogP contribution >= 0.6 is 0 Å². The zero-order chi connectivity index (χ0) is 17.9. The number of hydrogen-bond donors (Lipinski definition) is 2. The number of hydrogen-bond acceptors (Lipinski definition) is 3. The predicted octanol–water partition coefficient (Wildman–Crippen LogP) is 2.38. The molecule has 2 aromatic rings. The van der Waals surface area contributed by atoms with Crippen molar-refractivity contribution >= 4 is 5.91 Å². The molecule has 4 nitrogen and oxygen atoms in total. The van der Waals surface area contributed by atoms with Crippen LogP contribution in [0, 0.1) is 5.82 Å². The van der Waals surface area contributed by atoms with Gasteiger partial charge in [-0.05, 0) is 24.5 Å². The van der Waals surface area contributed by atoms with Crippen LogP contribution in [0.25, 0.3) is 0 Å². The molecule has 0 unspecified atom stereocenters. The molecule has 25 heavy (non-hydrogen) atoms. The van der Waals surface area contributed by atoms with Gasteiger partial charge in [-0.3, -0.25) is 4.79 Å². The summed E-state index contributed by atoms with van der Waals surface area (Å²) in [7, 11) is 0. The Labute approximate surface area is 147 Å². The zero-order valence-electron chi connectivity index (χ0n) is 14.1. The first kappa shape index (κ1) is 17.6. The number of aliphatic hydroxyl groups is 1.